The Morgan fingerprint density at radius 1 is 1.17 bits per heavy atom. The van der Waals surface area contributed by atoms with Crippen LogP contribution in [-0.2, 0) is 0 Å². The molecule has 0 atom stereocenters. The number of nitrogens with two attached hydrogens (primary N) is 1. The Labute approximate surface area is 73.4 Å². The van der Waals surface area contributed by atoms with Crippen LogP contribution in [0.5, 0.6) is 0 Å². The lowest BCUT2D eigenvalue weighted by Crippen LogP contribution is -1.94. The molecule has 0 heterocycles. The fourth-order valence-corrected chi connectivity index (χ4v) is 0.803. The van der Waals surface area contributed by atoms with Crippen LogP contribution in [0.4, 0.5) is 10.1 Å². The molecule has 1 rings (SSSR count). The molecule has 2 heteroatoms. The molecule has 0 amide bonds. The topological polar surface area (TPSA) is 26.0 Å². The summed E-state index contributed by atoms with van der Waals surface area (Å²) in [5.74, 6) is -0.292. The minimum atomic E-state index is -0.292. The number of benzene rings is 1. The quantitative estimate of drug-likeness (QED) is 0.593. The predicted molar refractivity (Wildman–Crippen MR) is 51.6 cm³/mol. The number of hydrogen-bond acceptors (Lipinski definition) is 1. The van der Waals surface area contributed by atoms with Gasteiger partial charge in [0.1, 0.15) is 5.82 Å². The molecule has 0 saturated carbocycles. The molecule has 0 aliphatic heterocycles. The van der Waals surface area contributed by atoms with E-state index in [1.807, 2.05) is 26.8 Å². The summed E-state index contributed by atoms with van der Waals surface area (Å²) in [7, 11) is 0. The van der Waals surface area contributed by atoms with Gasteiger partial charge in [-0.05, 0) is 31.0 Å². The van der Waals surface area contributed by atoms with Gasteiger partial charge in [0.25, 0.3) is 0 Å². The summed E-state index contributed by atoms with van der Waals surface area (Å²) >= 11 is 0. The van der Waals surface area contributed by atoms with Crippen molar-refractivity contribution in [2.24, 2.45) is 0 Å². The molecule has 2 N–H and O–H groups in total. The molecular weight excluding hydrogens is 153 g/mol. The van der Waals surface area contributed by atoms with Crippen LogP contribution in [0.2, 0.25) is 0 Å². The molecule has 1 aromatic rings. The third-order valence-electron chi connectivity index (χ3n) is 1.69. The zero-order valence-electron chi connectivity index (χ0n) is 8.11. The standard InChI is InChI=1S/C8H10FN.C2H6/c1-5-3-4-7(10)8(9)6(5)2;1-2/h3-4H,10H2,1-2H3;1-2H3. The molecule has 0 saturated heterocycles. The van der Waals surface area contributed by atoms with Crippen molar-refractivity contribution in [3.8, 4) is 0 Å². The normalized spacial score (nSPS) is 8.75. The summed E-state index contributed by atoms with van der Waals surface area (Å²) in [4.78, 5) is 0. The van der Waals surface area contributed by atoms with E-state index in [1.54, 1.807) is 13.0 Å². The zero-order chi connectivity index (χ0) is 9.72. The monoisotopic (exact) mass is 169 g/mol. The highest BCUT2D eigenvalue weighted by Crippen LogP contribution is 2.16. The molecule has 0 unspecified atom stereocenters. The van der Waals surface area contributed by atoms with Gasteiger partial charge >= 0.3 is 0 Å². The highest BCUT2D eigenvalue weighted by atomic mass is 19.1. The molecule has 1 aromatic carbocycles. The molecule has 0 aromatic heterocycles. The van der Waals surface area contributed by atoms with Crippen LogP contribution in [0.25, 0.3) is 0 Å². The van der Waals surface area contributed by atoms with Gasteiger partial charge < -0.3 is 5.73 Å². The largest absolute Gasteiger partial charge is 0.396 e. The van der Waals surface area contributed by atoms with Crippen molar-refractivity contribution in [1.82, 2.24) is 0 Å². The van der Waals surface area contributed by atoms with E-state index in [4.69, 9.17) is 5.73 Å². The van der Waals surface area contributed by atoms with Gasteiger partial charge in [-0.2, -0.15) is 0 Å². The van der Waals surface area contributed by atoms with Crippen LogP contribution < -0.4 is 5.73 Å². The lowest BCUT2D eigenvalue weighted by atomic mass is 10.1. The first-order valence-corrected chi connectivity index (χ1v) is 4.14. The second-order valence-corrected chi connectivity index (χ2v) is 2.41. The van der Waals surface area contributed by atoms with Crippen LogP contribution in [0.15, 0.2) is 12.1 Å². The average molecular weight is 169 g/mol. The Kier molecular flexibility index (Phi) is 4.34. The molecule has 0 fully saturated rings. The minimum Gasteiger partial charge on any atom is -0.396 e. The fourth-order valence-electron chi connectivity index (χ4n) is 0.803. The van der Waals surface area contributed by atoms with Crippen molar-refractivity contribution in [2.45, 2.75) is 27.7 Å². The number of hydrogen-bond donors (Lipinski definition) is 1. The maximum atomic E-state index is 12.9. The van der Waals surface area contributed by atoms with Crippen molar-refractivity contribution >= 4 is 5.69 Å². The van der Waals surface area contributed by atoms with E-state index in [9.17, 15) is 4.39 Å². The molecule has 1 nitrogen and oxygen atoms in total. The number of aryl methyl sites for hydroxylation is 1. The molecule has 12 heavy (non-hydrogen) atoms. The number of halogens is 1. The van der Waals surface area contributed by atoms with E-state index >= 15 is 0 Å². The molecule has 68 valence electrons. The second kappa shape index (κ2) is 4.75. The maximum absolute atomic E-state index is 12.9. The Bertz CT molecular complexity index is 229. The molecule has 0 spiro atoms. The van der Waals surface area contributed by atoms with Gasteiger partial charge in [-0.15, -0.1) is 0 Å². The molecule has 0 aliphatic carbocycles. The van der Waals surface area contributed by atoms with Gasteiger partial charge in [-0.3, -0.25) is 0 Å². The maximum Gasteiger partial charge on any atom is 0.149 e. The number of nitrogen functional groups attached to an aromatic ring is 1. The van der Waals surface area contributed by atoms with Crippen molar-refractivity contribution in [3.63, 3.8) is 0 Å². The van der Waals surface area contributed by atoms with Gasteiger partial charge in [0, 0.05) is 0 Å². The zero-order valence-corrected chi connectivity index (χ0v) is 8.11. The van der Waals surface area contributed by atoms with Crippen molar-refractivity contribution in [3.05, 3.63) is 29.1 Å². The Balaban J connectivity index is 0.000000561. The van der Waals surface area contributed by atoms with Crippen LogP contribution in [-0.4, -0.2) is 0 Å². The summed E-state index contributed by atoms with van der Waals surface area (Å²) < 4.78 is 12.9. The molecular formula is C10H16FN. The predicted octanol–water partition coefficient (Wildman–Crippen LogP) is 3.05. The number of anilines is 1. The van der Waals surface area contributed by atoms with Gasteiger partial charge in [-0.25, -0.2) is 4.39 Å². The summed E-state index contributed by atoms with van der Waals surface area (Å²) in [6.07, 6.45) is 0. The first-order valence-electron chi connectivity index (χ1n) is 4.14. The van der Waals surface area contributed by atoms with Gasteiger partial charge in [0.15, 0.2) is 0 Å². The lowest BCUT2D eigenvalue weighted by molar-refractivity contribution is 0.621. The fraction of sp³-hybridized carbons (Fsp3) is 0.400. The smallest absolute Gasteiger partial charge is 0.149 e. The minimum absolute atomic E-state index is 0.225. The Morgan fingerprint density at radius 3 is 2.08 bits per heavy atom. The molecule has 0 aliphatic rings. The third-order valence-corrected chi connectivity index (χ3v) is 1.69. The molecule has 0 radical (unpaired) electrons. The van der Waals surface area contributed by atoms with E-state index in [2.05, 4.69) is 0 Å². The van der Waals surface area contributed by atoms with Crippen LogP contribution >= 0.6 is 0 Å². The van der Waals surface area contributed by atoms with Crippen molar-refractivity contribution in [1.29, 1.82) is 0 Å². The van der Waals surface area contributed by atoms with E-state index < -0.39 is 0 Å². The summed E-state index contributed by atoms with van der Waals surface area (Å²) in [6, 6.07) is 3.39. The van der Waals surface area contributed by atoms with Gasteiger partial charge in [0.05, 0.1) is 5.69 Å². The third kappa shape index (κ3) is 2.22. The lowest BCUT2D eigenvalue weighted by Gasteiger charge is -2.02. The number of rotatable bonds is 0. The first kappa shape index (κ1) is 11.0. The second-order valence-electron chi connectivity index (χ2n) is 2.41. The van der Waals surface area contributed by atoms with E-state index in [-0.39, 0.29) is 11.5 Å². The van der Waals surface area contributed by atoms with E-state index in [0.717, 1.165) is 5.56 Å². The summed E-state index contributed by atoms with van der Waals surface area (Å²) in [5.41, 5.74) is 7.12. The van der Waals surface area contributed by atoms with Crippen LogP contribution in [0.3, 0.4) is 0 Å². The van der Waals surface area contributed by atoms with Gasteiger partial charge in [-0.1, -0.05) is 19.9 Å². The highest BCUT2D eigenvalue weighted by Gasteiger charge is 2.02. The summed E-state index contributed by atoms with van der Waals surface area (Å²) in [6.45, 7) is 7.58. The van der Waals surface area contributed by atoms with Crippen LogP contribution in [0, 0.1) is 19.7 Å². The van der Waals surface area contributed by atoms with Crippen molar-refractivity contribution in [2.75, 3.05) is 5.73 Å². The van der Waals surface area contributed by atoms with Crippen LogP contribution in [0.1, 0.15) is 25.0 Å². The Hall–Kier alpha value is -1.05. The molecule has 0 bridgehead atoms. The first-order chi connectivity index (χ1) is 5.63. The van der Waals surface area contributed by atoms with E-state index in [1.165, 1.54) is 0 Å². The summed E-state index contributed by atoms with van der Waals surface area (Å²) in [5, 5.41) is 0. The highest BCUT2D eigenvalue weighted by molar-refractivity contribution is 5.45. The average Bonchev–Trinajstić information content (AvgIpc) is 2.12. The SMILES string of the molecule is CC.Cc1ccc(N)c(F)c1C. The van der Waals surface area contributed by atoms with E-state index in [0.29, 0.717) is 5.56 Å². The van der Waals surface area contributed by atoms with Gasteiger partial charge in [0.2, 0.25) is 0 Å². The van der Waals surface area contributed by atoms with Crippen molar-refractivity contribution < 1.29 is 4.39 Å². The Morgan fingerprint density at radius 2 is 1.67 bits per heavy atom.